The number of carbonyl (C=O) groups excluding carboxylic acids is 3. The van der Waals surface area contributed by atoms with Crippen molar-refractivity contribution in [3.63, 3.8) is 0 Å². The van der Waals surface area contributed by atoms with Gasteiger partial charge in [0.2, 0.25) is 0 Å². The Hall–Kier alpha value is -6.71. The molecule has 5 N–H and O–H groups in total. The number of aromatic nitrogens is 3. The fourth-order valence-electron chi connectivity index (χ4n) is 7.55. The summed E-state index contributed by atoms with van der Waals surface area (Å²) in [7, 11) is 0. The molecule has 0 fully saturated rings. The van der Waals surface area contributed by atoms with Gasteiger partial charge in [0.05, 0.1) is 47.1 Å². The molecule has 0 atom stereocenters. The van der Waals surface area contributed by atoms with Crippen LogP contribution in [0.3, 0.4) is 0 Å². The number of fused-ring (bicyclic) bond motifs is 3. The van der Waals surface area contributed by atoms with Gasteiger partial charge >= 0.3 is 23.9 Å². The number of nitrogens with two attached hydrogens (primary N) is 1. The van der Waals surface area contributed by atoms with Crippen LogP contribution in [-0.2, 0) is 14.3 Å². The third kappa shape index (κ3) is 18.0. The van der Waals surface area contributed by atoms with Crippen LogP contribution in [0, 0.1) is 31.6 Å². The standard InChI is InChI=1S/C20H24ClNO3.C18H20ClNO3.C11H8ClNO2.C7H6ClNO2/c1-5-25-18(24)12-20(3,4)9-8-17(23)16-11-15(21)10-14-7-6-13(2)22-19(14)16;1-11-4-5-12-8-13(19)9-14(17(12)20-11)15(21)6-7-18(2,3)10-16(22)23;1-6-2-3-7-4-8(12)5-9(11(14)15)10(7)13-6;8-4-1-2-6(9)5(3-4)7(10)11/h6-7,10-11H,5,8-9,12H2,1-4H3;4-5,8-9H,6-7,10H2,1-3H3,(H,22,23);2-5H,1H3,(H,14,15);1-3H,9H2,(H,10,11). The first kappa shape index (κ1) is 59.8. The summed E-state index contributed by atoms with van der Waals surface area (Å²) >= 11 is 23.6. The SMILES string of the molecule is CCOC(=O)CC(C)(C)CCC(=O)c1cc(Cl)cc2ccc(C)nc12.Cc1ccc2cc(Cl)cc(C(=O)CCC(C)(C)CC(=O)O)c2n1.Cc1ccc2cc(Cl)cc(C(=O)O)c2n1.Nc1ccc(Cl)cc1C(=O)O. The van der Waals surface area contributed by atoms with Crippen LogP contribution in [0.25, 0.3) is 32.7 Å². The number of rotatable bonds is 15. The van der Waals surface area contributed by atoms with Crippen LogP contribution in [0.15, 0.2) is 91.0 Å². The molecule has 0 bridgehead atoms. The quantitative estimate of drug-likeness (QED) is 0.0425. The van der Waals surface area contributed by atoms with Gasteiger partial charge in [0.1, 0.15) is 0 Å². The topological polar surface area (TPSA) is 237 Å². The van der Waals surface area contributed by atoms with Gasteiger partial charge in [-0.25, -0.2) is 9.59 Å². The number of pyridine rings is 3. The average Bonchev–Trinajstić information content (AvgIpc) is 3.30. The molecule has 7 aromatic rings. The van der Waals surface area contributed by atoms with Crippen molar-refractivity contribution in [1.82, 2.24) is 15.0 Å². The molecular weight excluding hydrogens is 1030 g/mol. The highest BCUT2D eigenvalue weighted by molar-refractivity contribution is 6.33. The summed E-state index contributed by atoms with van der Waals surface area (Å²) < 4.78 is 5.00. The summed E-state index contributed by atoms with van der Waals surface area (Å²) in [6, 6.07) is 25.6. The zero-order valence-corrected chi connectivity index (χ0v) is 45.3. The summed E-state index contributed by atoms with van der Waals surface area (Å²) in [6.45, 7) is 15.4. The first-order chi connectivity index (χ1) is 34.6. The number of carbonyl (C=O) groups is 6. The number of aryl methyl sites for hydroxylation is 3. The molecule has 0 aliphatic rings. The largest absolute Gasteiger partial charge is 0.481 e. The van der Waals surface area contributed by atoms with E-state index >= 15 is 0 Å². The number of carboxylic acid groups (broad SMARTS) is 3. The number of ether oxygens (including phenoxy) is 1. The molecule has 0 unspecified atom stereocenters. The molecule has 0 saturated heterocycles. The third-order valence-corrected chi connectivity index (χ3v) is 12.3. The predicted octanol–water partition coefficient (Wildman–Crippen LogP) is 14.3. The molecule has 0 saturated carbocycles. The lowest BCUT2D eigenvalue weighted by Crippen LogP contribution is -2.20. The number of hydrogen-bond acceptors (Lipinski definition) is 11. The Morgan fingerprint density at radius 2 is 0.878 bits per heavy atom. The minimum absolute atomic E-state index is 0.0115. The summed E-state index contributed by atoms with van der Waals surface area (Å²) in [5, 5.41) is 30.7. The highest BCUT2D eigenvalue weighted by Gasteiger charge is 2.26. The van der Waals surface area contributed by atoms with Crippen molar-refractivity contribution >= 4 is 120 Å². The average molecular weight is 1090 g/mol. The van der Waals surface area contributed by atoms with Crippen molar-refractivity contribution in [3.05, 3.63) is 150 Å². The van der Waals surface area contributed by atoms with Crippen molar-refractivity contribution in [2.45, 2.75) is 93.9 Å². The van der Waals surface area contributed by atoms with Gasteiger partial charge in [0.15, 0.2) is 11.6 Å². The van der Waals surface area contributed by atoms with Gasteiger partial charge in [-0.05, 0) is 124 Å². The lowest BCUT2D eigenvalue weighted by molar-refractivity contribution is -0.145. The molecule has 0 radical (unpaired) electrons. The molecule has 390 valence electrons. The van der Waals surface area contributed by atoms with Gasteiger partial charge in [-0.15, -0.1) is 0 Å². The minimum Gasteiger partial charge on any atom is -0.481 e. The van der Waals surface area contributed by atoms with Gasteiger partial charge < -0.3 is 25.8 Å². The third-order valence-electron chi connectivity index (χ3n) is 11.4. The maximum absolute atomic E-state index is 12.8. The molecule has 74 heavy (non-hydrogen) atoms. The van der Waals surface area contributed by atoms with Crippen LogP contribution in [0.4, 0.5) is 5.69 Å². The molecule has 0 spiro atoms. The number of hydrogen-bond donors (Lipinski definition) is 4. The monoisotopic (exact) mass is 1090 g/mol. The van der Waals surface area contributed by atoms with E-state index in [0.717, 1.165) is 33.2 Å². The van der Waals surface area contributed by atoms with Crippen LogP contribution >= 0.6 is 46.4 Å². The van der Waals surface area contributed by atoms with Crippen molar-refractivity contribution in [2.75, 3.05) is 12.3 Å². The number of esters is 1. The van der Waals surface area contributed by atoms with Crippen molar-refractivity contribution < 1.29 is 48.8 Å². The van der Waals surface area contributed by atoms with E-state index in [1.165, 1.54) is 18.2 Å². The number of aromatic carboxylic acids is 2. The lowest BCUT2D eigenvalue weighted by atomic mass is 9.83. The number of nitrogen functional groups attached to an aromatic ring is 1. The molecule has 4 aromatic carbocycles. The maximum Gasteiger partial charge on any atom is 0.337 e. The first-order valence-electron chi connectivity index (χ1n) is 23.2. The minimum atomic E-state index is -1.06. The molecule has 3 heterocycles. The first-order valence-corrected chi connectivity index (χ1v) is 24.8. The number of halogens is 4. The van der Waals surface area contributed by atoms with E-state index in [0.29, 0.717) is 80.1 Å². The number of anilines is 1. The van der Waals surface area contributed by atoms with Gasteiger partial charge in [-0.2, -0.15) is 0 Å². The molecule has 0 amide bonds. The summed E-state index contributed by atoms with van der Waals surface area (Å²) in [5.41, 5.74) is 10.3. The predicted molar refractivity (Wildman–Crippen MR) is 292 cm³/mol. The van der Waals surface area contributed by atoms with Crippen LogP contribution < -0.4 is 5.73 Å². The van der Waals surface area contributed by atoms with Gasteiger partial charge in [0, 0.05) is 83.0 Å². The molecular formula is C56H58Cl4N4O10. The van der Waals surface area contributed by atoms with E-state index in [1.807, 2.05) is 90.9 Å². The fourth-order valence-corrected chi connectivity index (χ4v) is 8.40. The van der Waals surface area contributed by atoms with E-state index < -0.39 is 23.3 Å². The number of Topliss-reactive ketones (excluding diaryl/α,β-unsaturated/α-hetero) is 2. The number of benzene rings is 4. The fraction of sp³-hybridized carbons (Fsp3) is 0.304. The van der Waals surface area contributed by atoms with Crippen molar-refractivity contribution in [2.24, 2.45) is 10.8 Å². The number of aliphatic carboxylic acids is 1. The van der Waals surface area contributed by atoms with Crippen molar-refractivity contribution in [1.29, 1.82) is 0 Å². The van der Waals surface area contributed by atoms with Crippen LogP contribution in [0.2, 0.25) is 20.1 Å². The van der Waals surface area contributed by atoms with E-state index in [9.17, 15) is 28.8 Å². The number of carboxylic acids is 3. The Morgan fingerprint density at radius 1 is 0.514 bits per heavy atom. The summed E-state index contributed by atoms with van der Waals surface area (Å²) in [4.78, 5) is 82.5. The molecule has 0 aliphatic carbocycles. The van der Waals surface area contributed by atoms with Crippen LogP contribution in [0.5, 0.6) is 0 Å². The molecule has 3 aromatic heterocycles. The normalized spacial score (nSPS) is 11.1. The summed E-state index contributed by atoms with van der Waals surface area (Å²) in [6.07, 6.45) is 2.01. The Labute approximate surface area is 449 Å². The Balaban J connectivity index is 0.000000223. The van der Waals surface area contributed by atoms with E-state index in [1.54, 1.807) is 37.3 Å². The van der Waals surface area contributed by atoms with E-state index in [4.69, 9.17) is 72.2 Å². The molecule has 0 aliphatic heterocycles. The Bertz CT molecular complexity index is 3250. The van der Waals surface area contributed by atoms with E-state index in [2.05, 4.69) is 15.0 Å². The van der Waals surface area contributed by atoms with Crippen molar-refractivity contribution in [3.8, 4) is 0 Å². The zero-order valence-electron chi connectivity index (χ0n) is 42.2. The molecule has 14 nitrogen and oxygen atoms in total. The number of ketones is 2. The van der Waals surface area contributed by atoms with Crippen LogP contribution in [-0.4, -0.2) is 72.3 Å². The van der Waals surface area contributed by atoms with E-state index in [-0.39, 0.29) is 52.6 Å². The lowest BCUT2D eigenvalue weighted by Gasteiger charge is -2.23. The van der Waals surface area contributed by atoms with Gasteiger partial charge in [-0.3, -0.25) is 34.1 Å². The van der Waals surface area contributed by atoms with Crippen LogP contribution in [0.1, 0.15) is 132 Å². The number of nitrogens with zero attached hydrogens (tertiary/aromatic N) is 3. The Morgan fingerprint density at radius 3 is 1.24 bits per heavy atom. The highest BCUT2D eigenvalue weighted by Crippen LogP contribution is 2.32. The second-order valence-corrected chi connectivity index (χ2v) is 20.7. The van der Waals surface area contributed by atoms with Gasteiger partial charge in [-0.1, -0.05) is 92.3 Å². The maximum atomic E-state index is 12.8. The van der Waals surface area contributed by atoms with Gasteiger partial charge in [0.25, 0.3) is 0 Å². The summed E-state index contributed by atoms with van der Waals surface area (Å²) in [5.74, 6) is -3.24. The Kier molecular flexibility index (Phi) is 21.4. The second kappa shape index (κ2) is 26.5. The highest BCUT2D eigenvalue weighted by atomic mass is 35.5. The molecule has 18 heteroatoms. The zero-order chi connectivity index (χ0) is 55.2. The smallest absolute Gasteiger partial charge is 0.337 e. The second-order valence-electron chi connectivity index (χ2n) is 19.0. The molecule has 7 rings (SSSR count).